The average Bonchev–Trinajstić information content (AvgIpc) is 3.45. The Morgan fingerprint density at radius 1 is 1.00 bits per heavy atom. The largest absolute Gasteiger partial charge is 0.497 e. The molecular formula is C24H23ClN2O5. The van der Waals surface area contributed by atoms with Crippen molar-refractivity contribution in [3.63, 3.8) is 0 Å². The Kier molecular flexibility index (Phi) is 5.18. The molecule has 3 saturated heterocycles. The van der Waals surface area contributed by atoms with Gasteiger partial charge in [0.1, 0.15) is 11.5 Å². The van der Waals surface area contributed by atoms with Crippen molar-refractivity contribution < 1.29 is 23.9 Å². The lowest BCUT2D eigenvalue weighted by Gasteiger charge is -2.28. The second kappa shape index (κ2) is 7.90. The Labute approximate surface area is 190 Å². The van der Waals surface area contributed by atoms with Crippen molar-refractivity contribution in [3.8, 4) is 11.5 Å². The minimum Gasteiger partial charge on any atom is -0.497 e. The first-order valence-corrected chi connectivity index (χ1v) is 11.0. The molecule has 0 spiro atoms. The first-order chi connectivity index (χ1) is 15.5. The van der Waals surface area contributed by atoms with Gasteiger partial charge >= 0.3 is 0 Å². The molecule has 3 fully saturated rings. The van der Waals surface area contributed by atoms with E-state index >= 15 is 0 Å². The molecule has 0 bridgehead atoms. The van der Waals surface area contributed by atoms with Crippen LogP contribution in [0, 0.1) is 11.8 Å². The third kappa shape index (κ3) is 3.03. The number of nitrogens with zero attached hydrogens (tertiary/aromatic N) is 2. The molecule has 8 heteroatoms. The van der Waals surface area contributed by atoms with Crippen LogP contribution in [0.5, 0.6) is 11.5 Å². The molecule has 4 atom stereocenters. The zero-order valence-corrected chi connectivity index (χ0v) is 18.5. The number of anilines is 1. The summed E-state index contributed by atoms with van der Waals surface area (Å²) in [5.41, 5.74) is 0.835. The fraction of sp³-hybridized carbons (Fsp3) is 0.375. The van der Waals surface area contributed by atoms with E-state index in [-0.39, 0.29) is 23.6 Å². The lowest BCUT2D eigenvalue weighted by molar-refractivity contribution is -0.123. The number of imide groups is 1. The van der Waals surface area contributed by atoms with E-state index in [1.807, 2.05) is 0 Å². The van der Waals surface area contributed by atoms with Crippen molar-refractivity contribution in [1.29, 1.82) is 0 Å². The summed E-state index contributed by atoms with van der Waals surface area (Å²) in [5, 5.41) is 0.535. The molecule has 0 aromatic heterocycles. The maximum Gasteiger partial charge on any atom is 0.239 e. The molecular weight excluding hydrogens is 432 g/mol. The molecule has 0 radical (unpaired) electrons. The van der Waals surface area contributed by atoms with Gasteiger partial charge in [0.15, 0.2) is 5.78 Å². The Hall–Kier alpha value is -2.90. The number of ketones is 1. The number of carbonyl (C=O) groups is 3. The predicted octanol–water partition coefficient (Wildman–Crippen LogP) is 3.19. The maximum atomic E-state index is 13.7. The molecule has 0 saturated carbocycles. The third-order valence-electron chi connectivity index (χ3n) is 6.88. The molecule has 0 unspecified atom stereocenters. The highest BCUT2D eigenvalue weighted by Crippen LogP contribution is 2.50. The second-order valence-corrected chi connectivity index (χ2v) is 8.80. The molecule has 5 rings (SSSR count). The highest BCUT2D eigenvalue weighted by molar-refractivity contribution is 6.30. The van der Waals surface area contributed by atoms with Crippen LogP contribution in [0.15, 0.2) is 42.5 Å². The summed E-state index contributed by atoms with van der Waals surface area (Å²) in [5.74, 6) is -1.18. The number of Topliss-reactive ketones (excluding diaryl/α,β-unsaturated/α-hetero) is 1. The van der Waals surface area contributed by atoms with E-state index < -0.39 is 17.9 Å². The summed E-state index contributed by atoms with van der Waals surface area (Å²) in [6.07, 6.45) is 1.68. The van der Waals surface area contributed by atoms with Crippen LogP contribution in [0.3, 0.4) is 0 Å². The van der Waals surface area contributed by atoms with E-state index in [1.165, 1.54) is 19.1 Å². The SMILES string of the molecule is COc1ccc(OC)c(N2C(=O)[C@@H]3[C@H](C2=O)[C@@H](C(=O)c2ccc(Cl)cc2)N2CCC[C@@H]32)c1. The summed E-state index contributed by atoms with van der Waals surface area (Å²) >= 11 is 5.99. The molecule has 166 valence electrons. The number of methoxy groups -OCH3 is 2. The minimum atomic E-state index is -0.730. The van der Waals surface area contributed by atoms with E-state index in [4.69, 9.17) is 21.1 Å². The first-order valence-electron chi connectivity index (χ1n) is 10.6. The second-order valence-electron chi connectivity index (χ2n) is 8.36. The number of hydrogen-bond donors (Lipinski definition) is 0. The van der Waals surface area contributed by atoms with Gasteiger partial charge in [0.2, 0.25) is 11.8 Å². The highest BCUT2D eigenvalue weighted by Gasteiger charge is 2.65. The Morgan fingerprint density at radius 2 is 1.72 bits per heavy atom. The zero-order valence-electron chi connectivity index (χ0n) is 17.8. The van der Waals surface area contributed by atoms with Gasteiger partial charge in [-0.3, -0.25) is 19.3 Å². The van der Waals surface area contributed by atoms with Crippen LogP contribution >= 0.6 is 11.6 Å². The van der Waals surface area contributed by atoms with Crippen LogP contribution in [0.1, 0.15) is 23.2 Å². The topological polar surface area (TPSA) is 76.1 Å². The number of rotatable bonds is 5. The highest BCUT2D eigenvalue weighted by atomic mass is 35.5. The van der Waals surface area contributed by atoms with Crippen LogP contribution < -0.4 is 14.4 Å². The van der Waals surface area contributed by atoms with Gasteiger partial charge in [-0.15, -0.1) is 0 Å². The molecule has 32 heavy (non-hydrogen) atoms. The average molecular weight is 455 g/mol. The van der Waals surface area contributed by atoms with Gasteiger partial charge in [0, 0.05) is 22.7 Å². The van der Waals surface area contributed by atoms with Crippen LogP contribution in [-0.4, -0.2) is 55.3 Å². The van der Waals surface area contributed by atoms with E-state index in [1.54, 1.807) is 42.5 Å². The molecule has 0 N–H and O–H groups in total. The smallest absolute Gasteiger partial charge is 0.239 e. The van der Waals surface area contributed by atoms with Crippen molar-refractivity contribution in [2.45, 2.75) is 24.9 Å². The van der Waals surface area contributed by atoms with Gasteiger partial charge in [0.05, 0.1) is 37.8 Å². The number of hydrogen-bond acceptors (Lipinski definition) is 6. The van der Waals surface area contributed by atoms with Crippen LogP contribution in [0.2, 0.25) is 5.02 Å². The Balaban J connectivity index is 1.57. The summed E-state index contributed by atoms with van der Waals surface area (Å²) < 4.78 is 10.7. The molecule has 2 aromatic rings. The summed E-state index contributed by atoms with van der Waals surface area (Å²) in [7, 11) is 3.01. The minimum absolute atomic E-state index is 0.126. The zero-order chi connectivity index (χ0) is 22.6. The third-order valence-corrected chi connectivity index (χ3v) is 7.13. The molecule has 2 amide bonds. The maximum absolute atomic E-state index is 13.7. The fourth-order valence-corrected chi connectivity index (χ4v) is 5.64. The number of halogens is 1. The summed E-state index contributed by atoms with van der Waals surface area (Å²) in [4.78, 5) is 44.1. The number of benzene rings is 2. The number of carbonyl (C=O) groups excluding carboxylic acids is 3. The van der Waals surface area contributed by atoms with Crippen LogP contribution in [0.4, 0.5) is 5.69 Å². The van der Waals surface area contributed by atoms with E-state index in [9.17, 15) is 14.4 Å². The summed E-state index contributed by atoms with van der Waals surface area (Å²) in [6.45, 7) is 0.699. The van der Waals surface area contributed by atoms with Gasteiger partial charge in [-0.25, -0.2) is 4.90 Å². The predicted molar refractivity (Wildman–Crippen MR) is 118 cm³/mol. The number of amides is 2. The molecule has 3 aliphatic rings. The monoisotopic (exact) mass is 454 g/mol. The van der Waals surface area contributed by atoms with Gasteiger partial charge in [-0.05, 0) is 55.8 Å². The van der Waals surface area contributed by atoms with Gasteiger partial charge in [-0.2, -0.15) is 0 Å². The van der Waals surface area contributed by atoms with Crippen molar-refractivity contribution in [3.05, 3.63) is 53.1 Å². The van der Waals surface area contributed by atoms with Crippen LogP contribution in [-0.2, 0) is 9.59 Å². The van der Waals surface area contributed by atoms with Gasteiger partial charge in [-0.1, -0.05) is 11.6 Å². The fourth-order valence-electron chi connectivity index (χ4n) is 5.51. The van der Waals surface area contributed by atoms with Crippen LogP contribution in [0.25, 0.3) is 0 Å². The normalized spacial score (nSPS) is 26.9. The van der Waals surface area contributed by atoms with E-state index in [0.29, 0.717) is 34.3 Å². The van der Waals surface area contributed by atoms with E-state index in [0.717, 1.165) is 12.8 Å². The van der Waals surface area contributed by atoms with E-state index in [2.05, 4.69) is 4.90 Å². The molecule has 7 nitrogen and oxygen atoms in total. The molecule has 3 heterocycles. The first kappa shape index (κ1) is 21.0. The van der Waals surface area contributed by atoms with Crippen molar-refractivity contribution >= 4 is 34.9 Å². The number of fused-ring (bicyclic) bond motifs is 3. The standard InChI is InChI=1S/C24H23ClN2O5/c1-31-15-9-10-18(32-2)17(12-15)27-23(29)19-16-4-3-11-26(16)21(20(19)24(27)30)22(28)13-5-7-14(25)8-6-13/h5-10,12,16,19-21H,3-4,11H2,1-2H3/t16-,19-,20-,21-/m0/s1. The molecule has 2 aromatic carbocycles. The Morgan fingerprint density at radius 3 is 2.41 bits per heavy atom. The van der Waals surface area contributed by atoms with Crippen molar-refractivity contribution in [2.24, 2.45) is 11.8 Å². The quantitative estimate of drug-likeness (QED) is 0.510. The number of ether oxygens (including phenoxy) is 2. The lowest BCUT2D eigenvalue weighted by atomic mass is 9.85. The van der Waals surface area contributed by atoms with Gasteiger partial charge < -0.3 is 9.47 Å². The summed E-state index contributed by atoms with van der Waals surface area (Å²) in [6, 6.07) is 10.9. The Bertz CT molecular complexity index is 1100. The lowest BCUT2D eigenvalue weighted by Crippen LogP contribution is -2.46. The molecule has 3 aliphatic heterocycles. The van der Waals surface area contributed by atoms with Crippen molar-refractivity contribution in [2.75, 3.05) is 25.7 Å². The molecule has 0 aliphatic carbocycles. The van der Waals surface area contributed by atoms with Crippen molar-refractivity contribution in [1.82, 2.24) is 4.90 Å². The van der Waals surface area contributed by atoms with Gasteiger partial charge in [0.25, 0.3) is 0 Å².